The summed E-state index contributed by atoms with van der Waals surface area (Å²) in [7, 11) is 1.23. The van der Waals surface area contributed by atoms with Crippen molar-refractivity contribution in [1.82, 2.24) is 4.57 Å². The molecule has 1 aliphatic carbocycles. The van der Waals surface area contributed by atoms with Crippen LogP contribution >= 0.6 is 10.5 Å². The van der Waals surface area contributed by atoms with Gasteiger partial charge in [-0.05, 0) is 86.3 Å². The normalized spacial score (nSPS) is 20.6. The van der Waals surface area contributed by atoms with Gasteiger partial charge in [-0.2, -0.15) is 10.5 Å². The monoisotopic (exact) mass is 679 g/mol. The second kappa shape index (κ2) is 13.0. The Hall–Kier alpha value is -4.56. The number of benzene rings is 3. The zero-order valence-electron chi connectivity index (χ0n) is 29.3. The molecule has 50 heavy (non-hydrogen) atoms. The van der Waals surface area contributed by atoms with Crippen molar-refractivity contribution >= 4 is 46.8 Å². The Morgan fingerprint density at radius 1 is 0.920 bits per heavy atom. The first-order chi connectivity index (χ1) is 24.2. The molecular formula is C43H42BNO4S. The lowest BCUT2D eigenvalue weighted by molar-refractivity contribution is 0.00578. The summed E-state index contributed by atoms with van der Waals surface area (Å²) >= 11 is 0. The third-order valence-electron chi connectivity index (χ3n) is 10.4. The van der Waals surface area contributed by atoms with Gasteiger partial charge in [0.2, 0.25) is 0 Å². The van der Waals surface area contributed by atoms with Crippen LogP contribution in [0.2, 0.25) is 0 Å². The molecular weight excluding hydrogens is 637 g/mol. The third-order valence-corrected chi connectivity index (χ3v) is 12.0. The van der Waals surface area contributed by atoms with E-state index in [-0.39, 0.29) is 10.5 Å². The zero-order chi connectivity index (χ0) is 34.5. The van der Waals surface area contributed by atoms with Crippen molar-refractivity contribution in [2.75, 3.05) is 19.5 Å². The predicted octanol–water partition coefficient (Wildman–Crippen LogP) is 8.11. The molecule has 1 saturated heterocycles. The molecule has 4 aromatic rings. The van der Waals surface area contributed by atoms with Crippen molar-refractivity contribution < 1.29 is 18.8 Å². The van der Waals surface area contributed by atoms with Crippen LogP contribution in [0, 0.1) is 0 Å². The molecule has 4 aliphatic rings. The van der Waals surface area contributed by atoms with Crippen LogP contribution in [0.3, 0.4) is 0 Å². The van der Waals surface area contributed by atoms with E-state index in [9.17, 15) is 0 Å². The Bertz CT molecular complexity index is 2270. The number of methoxy groups -OCH3 is 1. The molecule has 5 nitrogen and oxygen atoms in total. The Balaban J connectivity index is 1.20. The molecule has 7 heteroatoms. The Morgan fingerprint density at radius 3 is 2.52 bits per heavy atom. The first kappa shape index (κ1) is 32.6. The first-order valence-corrected chi connectivity index (χ1v) is 18.8. The summed E-state index contributed by atoms with van der Waals surface area (Å²) in [5.41, 5.74) is 8.37. The number of rotatable bonds is 7. The van der Waals surface area contributed by atoms with Gasteiger partial charge in [0.25, 0.3) is 0 Å². The lowest BCUT2D eigenvalue weighted by Crippen LogP contribution is -2.41. The van der Waals surface area contributed by atoms with E-state index in [1.54, 1.807) is 7.11 Å². The van der Waals surface area contributed by atoms with Gasteiger partial charge >= 0.3 is 7.12 Å². The Kier molecular flexibility index (Phi) is 8.46. The van der Waals surface area contributed by atoms with E-state index in [4.69, 9.17) is 18.8 Å². The van der Waals surface area contributed by atoms with Crippen molar-refractivity contribution in [3.05, 3.63) is 135 Å². The van der Waals surface area contributed by atoms with Crippen LogP contribution in [-0.4, -0.2) is 47.7 Å². The lowest BCUT2D eigenvalue weighted by Gasteiger charge is -2.32. The van der Waals surface area contributed by atoms with Gasteiger partial charge in [0.15, 0.2) is 0 Å². The lowest BCUT2D eigenvalue weighted by atomic mass is 9.77. The number of allylic oxidation sites excluding steroid dienone is 4. The van der Waals surface area contributed by atoms with E-state index < -0.39 is 18.3 Å². The molecule has 8 rings (SSSR count). The number of ether oxygens (including phenoxy) is 2. The quantitative estimate of drug-likeness (QED) is 0.146. The average molecular weight is 680 g/mol. The second-order valence-corrected chi connectivity index (χ2v) is 15.8. The number of para-hydroxylation sites is 2. The molecule has 0 radical (unpaired) electrons. The van der Waals surface area contributed by atoms with Gasteiger partial charge in [-0.1, -0.05) is 85.0 Å². The third kappa shape index (κ3) is 5.87. The SMILES string of the molecule is COc1ccccc1-c1cccc(-n2c3c(c4c2=CCC=C(B2OC(C)(C)C(C)(C)O2)C=4)C=S(C/C=C\C=C2/COc4ccccc42)C=C3)c1. The summed E-state index contributed by atoms with van der Waals surface area (Å²) in [5, 5.41) is 7.20. The van der Waals surface area contributed by atoms with Crippen LogP contribution in [0.4, 0.5) is 0 Å². The molecule has 1 aromatic heterocycles. The van der Waals surface area contributed by atoms with Gasteiger partial charge < -0.3 is 23.3 Å². The molecule has 1 atom stereocenters. The minimum absolute atomic E-state index is 0.0761. The number of aromatic nitrogens is 1. The van der Waals surface area contributed by atoms with E-state index in [2.05, 4.69) is 134 Å². The molecule has 3 aliphatic heterocycles. The highest BCUT2D eigenvalue weighted by molar-refractivity contribution is 8.18. The summed E-state index contributed by atoms with van der Waals surface area (Å²) < 4.78 is 27.1. The smallest absolute Gasteiger partial charge is 0.494 e. The molecule has 0 spiro atoms. The van der Waals surface area contributed by atoms with Crippen LogP contribution in [0.1, 0.15) is 50.9 Å². The zero-order valence-corrected chi connectivity index (χ0v) is 30.1. The van der Waals surface area contributed by atoms with Gasteiger partial charge in [0.1, 0.15) is 18.1 Å². The van der Waals surface area contributed by atoms with Crippen LogP contribution in [-0.2, 0) is 9.31 Å². The number of hydrogen-bond donors (Lipinski definition) is 0. The minimum atomic E-state index is -0.426. The fraction of sp³-hybridized carbons (Fsp3) is 0.233. The summed E-state index contributed by atoms with van der Waals surface area (Å²) in [6.45, 7) is 9.07. The molecule has 0 N–H and O–H groups in total. The maximum absolute atomic E-state index is 6.55. The van der Waals surface area contributed by atoms with Gasteiger partial charge in [0, 0.05) is 38.9 Å². The second-order valence-electron chi connectivity index (χ2n) is 14.0. The predicted molar refractivity (Wildman–Crippen MR) is 210 cm³/mol. The van der Waals surface area contributed by atoms with E-state index in [0.29, 0.717) is 6.61 Å². The molecule has 1 fully saturated rings. The Labute approximate surface area is 297 Å². The first-order valence-electron chi connectivity index (χ1n) is 17.3. The van der Waals surface area contributed by atoms with Gasteiger partial charge in [-0.15, -0.1) is 0 Å². The molecule has 0 amide bonds. The minimum Gasteiger partial charge on any atom is -0.496 e. The van der Waals surface area contributed by atoms with Gasteiger partial charge in [-0.3, -0.25) is 0 Å². The highest BCUT2D eigenvalue weighted by Crippen LogP contribution is 2.39. The van der Waals surface area contributed by atoms with Crippen LogP contribution < -0.4 is 20.0 Å². The van der Waals surface area contributed by atoms with Crippen LogP contribution in [0.5, 0.6) is 11.5 Å². The topological polar surface area (TPSA) is 41.9 Å². The van der Waals surface area contributed by atoms with Crippen molar-refractivity contribution in [2.45, 2.75) is 45.3 Å². The van der Waals surface area contributed by atoms with Crippen molar-refractivity contribution in [3.63, 3.8) is 0 Å². The molecule has 0 bridgehead atoms. The number of hydrogen-bond acceptors (Lipinski definition) is 4. The Morgan fingerprint density at radius 2 is 1.70 bits per heavy atom. The van der Waals surface area contributed by atoms with Crippen LogP contribution in [0.25, 0.3) is 40.6 Å². The number of nitrogens with zero attached hydrogens (tertiary/aromatic N) is 1. The molecule has 3 aromatic carbocycles. The highest BCUT2D eigenvalue weighted by Gasteiger charge is 2.52. The maximum atomic E-state index is 6.55. The van der Waals surface area contributed by atoms with E-state index in [0.717, 1.165) is 46.0 Å². The largest absolute Gasteiger partial charge is 0.496 e. The molecule has 1 unspecified atom stereocenters. The summed E-state index contributed by atoms with van der Waals surface area (Å²) in [6.07, 6.45) is 16.6. The van der Waals surface area contributed by atoms with Crippen molar-refractivity contribution in [2.24, 2.45) is 0 Å². The number of fused-ring (bicyclic) bond motifs is 4. The van der Waals surface area contributed by atoms with E-state index in [1.807, 2.05) is 24.3 Å². The maximum Gasteiger partial charge on any atom is 0.494 e. The van der Waals surface area contributed by atoms with Crippen molar-refractivity contribution in [1.29, 1.82) is 0 Å². The summed E-state index contributed by atoms with van der Waals surface area (Å²) in [5.74, 6) is 2.75. The fourth-order valence-electron chi connectivity index (χ4n) is 6.96. The molecule has 4 heterocycles. The molecule has 0 saturated carbocycles. The molecule has 252 valence electrons. The van der Waals surface area contributed by atoms with Crippen LogP contribution in [0.15, 0.2) is 108 Å². The fourth-order valence-corrected chi connectivity index (χ4v) is 8.44. The standard InChI is InChI=1S/C43H42BNO4S/c1-42(2)43(3,4)49-44(48-42)32-16-13-20-38-36(27-32)37-29-50(24-11-10-14-31-28-47-41-22-9-7-19-35(31)41)25-23-39(37)45(38)33-17-12-15-30(26-33)34-18-6-8-21-40(34)46-5/h6-12,14-23,25-27,29H,13,24,28H2,1-5H3/b11-10-,31-14+. The summed E-state index contributed by atoms with van der Waals surface area (Å²) in [4.78, 5) is 0. The van der Waals surface area contributed by atoms with Gasteiger partial charge in [-0.25, -0.2) is 0 Å². The summed E-state index contributed by atoms with van der Waals surface area (Å²) in [6, 6.07) is 25.2. The van der Waals surface area contributed by atoms with E-state index >= 15 is 0 Å². The van der Waals surface area contributed by atoms with Crippen molar-refractivity contribution in [3.8, 4) is 28.3 Å². The van der Waals surface area contributed by atoms with Gasteiger partial charge in [0.05, 0.1) is 29.4 Å². The highest BCUT2D eigenvalue weighted by atomic mass is 32.2. The average Bonchev–Trinajstić information content (AvgIpc) is 3.67. The van der Waals surface area contributed by atoms with E-state index in [1.165, 1.54) is 33.0 Å².